The first kappa shape index (κ1) is 13.4. The predicted octanol–water partition coefficient (Wildman–Crippen LogP) is 1.29. The molecule has 0 aliphatic carbocycles. The van der Waals surface area contributed by atoms with Gasteiger partial charge in [0, 0.05) is 23.7 Å². The monoisotopic (exact) mass is 289 g/mol. The van der Waals surface area contributed by atoms with Gasteiger partial charge in [-0.1, -0.05) is 15.9 Å². The molecule has 0 aliphatic heterocycles. The molecule has 0 fully saturated rings. The van der Waals surface area contributed by atoms with E-state index >= 15 is 0 Å². The van der Waals surface area contributed by atoms with Crippen LogP contribution in [-0.2, 0) is 11.3 Å². The average molecular weight is 290 g/mol. The van der Waals surface area contributed by atoms with Crippen molar-refractivity contribution in [3.63, 3.8) is 0 Å². The number of benzene rings is 1. The van der Waals surface area contributed by atoms with Crippen molar-refractivity contribution in [2.45, 2.75) is 12.6 Å². The van der Waals surface area contributed by atoms with Crippen LogP contribution in [0.25, 0.3) is 0 Å². The molecule has 0 spiro atoms. The van der Waals surface area contributed by atoms with E-state index in [0.29, 0.717) is 12.3 Å². The van der Waals surface area contributed by atoms with Gasteiger partial charge in [-0.05, 0) is 18.2 Å². The summed E-state index contributed by atoms with van der Waals surface area (Å²) in [7, 11) is 1.54. The van der Waals surface area contributed by atoms with Gasteiger partial charge in [0.25, 0.3) is 0 Å². The van der Waals surface area contributed by atoms with E-state index in [9.17, 15) is 5.11 Å². The summed E-state index contributed by atoms with van der Waals surface area (Å²) in [5.41, 5.74) is 6.50. The van der Waals surface area contributed by atoms with Crippen molar-refractivity contribution >= 4 is 15.9 Å². The van der Waals surface area contributed by atoms with E-state index in [0.717, 1.165) is 10.0 Å². The average Bonchev–Trinajstić information content (AvgIpc) is 2.27. The molecule has 1 atom stereocenters. The first-order chi connectivity index (χ1) is 7.67. The molecular weight excluding hydrogens is 274 g/mol. The molecule has 0 aliphatic rings. The highest BCUT2D eigenvalue weighted by atomic mass is 79.9. The van der Waals surface area contributed by atoms with Gasteiger partial charge in [0.2, 0.25) is 0 Å². The van der Waals surface area contributed by atoms with Crippen LogP contribution in [0, 0.1) is 0 Å². The lowest BCUT2D eigenvalue weighted by Gasteiger charge is -2.14. The summed E-state index contributed by atoms with van der Waals surface area (Å²) in [5.74, 6) is 0.695. The lowest BCUT2D eigenvalue weighted by Crippen LogP contribution is -2.23. The lowest BCUT2D eigenvalue weighted by molar-refractivity contribution is 0.0323. The fraction of sp³-hybridized carbons (Fsp3) is 0.455. The molecule has 1 unspecified atom stereocenters. The van der Waals surface area contributed by atoms with Gasteiger partial charge < -0.3 is 20.3 Å². The Kier molecular flexibility index (Phi) is 5.76. The summed E-state index contributed by atoms with van der Waals surface area (Å²) >= 11 is 3.36. The van der Waals surface area contributed by atoms with Crippen molar-refractivity contribution < 1.29 is 14.6 Å². The van der Waals surface area contributed by atoms with Gasteiger partial charge in [-0.25, -0.2) is 0 Å². The molecule has 0 saturated carbocycles. The number of nitrogens with two attached hydrogens (primary N) is 1. The third-order valence-electron chi connectivity index (χ3n) is 2.03. The van der Waals surface area contributed by atoms with Crippen molar-refractivity contribution in [2.24, 2.45) is 5.73 Å². The number of methoxy groups -OCH3 is 1. The van der Waals surface area contributed by atoms with Gasteiger partial charge >= 0.3 is 0 Å². The van der Waals surface area contributed by atoms with Gasteiger partial charge in [-0.15, -0.1) is 0 Å². The van der Waals surface area contributed by atoms with Crippen LogP contribution >= 0.6 is 15.9 Å². The van der Waals surface area contributed by atoms with E-state index in [-0.39, 0.29) is 13.2 Å². The van der Waals surface area contributed by atoms with E-state index in [4.69, 9.17) is 15.2 Å². The third-order valence-corrected chi connectivity index (χ3v) is 2.53. The van der Waals surface area contributed by atoms with Gasteiger partial charge in [0.15, 0.2) is 0 Å². The Balaban J connectivity index is 2.59. The minimum Gasteiger partial charge on any atom is -0.490 e. The van der Waals surface area contributed by atoms with Crippen LogP contribution < -0.4 is 10.5 Å². The zero-order valence-electron chi connectivity index (χ0n) is 9.15. The highest BCUT2D eigenvalue weighted by Crippen LogP contribution is 2.22. The van der Waals surface area contributed by atoms with Crippen molar-refractivity contribution in [3.8, 4) is 5.75 Å². The van der Waals surface area contributed by atoms with Crippen molar-refractivity contribution in [2.75, 3.05) is 20.3 Å². The molecule has 1 rings (SSSR count). The van der Waals surface area contributed by atoms with Crippen molar-refractivity contribution in [1.82, 2.24) is 0 Å². The van der Waals surface area contributed by atoms with Crippen LogP contribution in [-0.4, -0.2) is 31.5 Å². The molecule has 0 saturated heterocycles. The van der Waals surface area contributed by atoms with E-state index in [1.807, 2.05) is 18.2 Å². The molecule has 0 bridgehead atoms. The van der Waals surface area contributed by atoms with Gasteiger partial charge in [0.1, 0.15) is 18.5 Å². The Bertz CT molecular complexity index is 333. The highest BCUT2D eigenvalue weighted by molar-refractivity contribution is 9.10. The second-order valence-electron chi connectivity index (χ2n) is 3.38. The smallest absolute Gasteiger partial charge is 0.123 e. The molecule has 3 N–H and O–H groups in total. The summed E-state index contributed by atoms with van der Waals surface area (Å²) in [4.78, 5) is 0. The zero-order valence-corrected chi connectivity index (χ0v) is 10.7. The van der Waals surface area contributed by atoms with Crippen LogP contribution in [0.1, 0.15) is 5.56 Å². The minimum atomic E-state index is -0.626. The summed E-state index contributed by atoms with van der Waals surface area (Å²) in [6.45, 7) is 0.853. The molecule has 4 nitrogen and oxygen atoms in total. The first-order valence-electron chi connectivity index (χ1n) is 4.95. The maximum Gasteiger partial charge on any atom is 0.123 e. The fourth-order valence-electron chi connectivity index (χ4n) is 1.27. The molecule has 1 aromatic rings. The van der Waals surface area contributed by atoms with Crippen LogP contribution in [0.15, 0.2) is 22.7 Å². The molecule has 0 radical (unpaired) electrons. The molecule has 90 valence electrons. The second-order valence-corrected chi connectivity index (χ2v) is 4.29. The Labute approximate surface area is 103 Å². The largest absolute Gasteiger partial charge is 0.490 e. The van der Waals surface area contributed by atoms with E-state index in [1.165, 1.54) is 7.11 Å². The number of aliphatic hydroxyl groups is 1. The Morgan fingerprint density at radius 3 is 2.81 bits per heavy atom. The van der Waals surface area contributed by atoms with Crippen molar-refractivity contribution in [3.05, 3.63) is 28.2 Å². The van der Waals surface area contributed by atoms with Crippen LogP contribution in [0.5, 0.6) is 5.75 Å². The number of aliphatic hydroxyl groups excluding tert-OH is 1. The molecule has 16 heavy (non-hydrogen) atoms. The van der Waals surface area contributed by atoms with E-state index in [1.54, 1.807) is 0 Å². The van der Waals surface area contributed by atoms with Crippen LogP contribution in [0.4, 0.5) is 0 Å². The standard InChI is InChI=1S/C11H16BrNO3/c1-15-6-10(14)7-16-11-3-2-9(12)4-8(11)5-13/h2-4,10,14H,5-7,13H2,1H3. The predicted molar refractivity (Wildman–Crippen MR) is 65.4 cm³/mol. The Morgan fingerprint density at radius 2 is 2.19 bits per heavy atom. The number of hydrogen-bond acceptors (Lipinski definition) is 4. The van der Waals surface area contributed by atoms with Gasteiger partial charge in [0.05, 0.1) is 6.61 Å². The highest BCUT2D eigenvalue weighted by Gasteiger charge is 2.07. The van der Waals surface area contributed by atoms with Gasteiger partial charge in [-0.2, -0.15) is 0 Å². The number of ether oxygens (including phenoxy) is 2. The van der Waals surface area contributed by atoms with E-state index < -0.39 is 6.10 Å². The molecule has 1 aromatic carbocycles. The number of hydrogen-bond donors (Lipinski definition) is 2. The Morgan fingerprint density at radius 1 is 1.44 bits per heavy atom. The maximum atomic E-state index is 9.44. The maximum absolute atomic E-state index is 9.44. The topological polar surface area (TPSA) is 64.7 Å². The SMILES string of the molecule is COCC(O)COc1ccc(Br)cc1CN. The summed E-state index contributed by atoms with van der Waals surface area (Å²) < 4.78 is 11.2. The summed E-state index contributed by atoms with van der Waals surface area (Å²) in [6, 6.07) is 5.60. The normalized spacial score (nSPS) is 12.5. The molecule has 0 aromatic heterocycles. The Hall–Kier alpha value is -0.620. The first-order valence-corrected chi connectivity index (χ1v) is 5.75. The minimum absolute atomic E-state index is 0.197. The molecular formula is C11H16BrNO3. The van der Waals surface area contributed by atoms with Gasteiger partial charge in [-0.3, -0.25) is 0 Å². The van der Waals surface area contributed by atoms with Crippen molar-refractivity contribution in [1.29, 1.82) is 0 Å². The second kappa shape index (κ2) is 6.85. The lowest BCUT2D eigenvalue weighted by atomic mass is 10.2. The van der Waals surface area contributed by atoms with E-state index in [2.05, 4.69) is 15.9 Å². The number of rotatable bonds is 6. The van der Waals surface area contributed by atoms with Crippen LogP contribution in [0.3, 0.4) is 0 Å². The molecule has 5 heteroatoms. The zero-order chi connectivity index (χ0) is 12.0. The third kappa shape index (κ3) is 4.09. The fourth-order valence-corrected chi connectivity index (χ4v) is 1.68. The summed E-state index contributed by atoms with van der Waals surface area (Å²) in [6.07, 6.45) is -0.626. The quantitative estimate of drug-likeness (QED) is 0.828. The number of halogens is 1. The summed E-state index contributed by atoms with van der Waals surface area (Å²) in [5, 5.41) is 9.44. The van der Waals surface area contributed by atoms with Crippen LogP contribution in [0.2, 0.25) is 0 Å². The molecule has 0 amide bonds. The molecule has 0 heterocycles.